The fourth-order valence-electron chi connectivity index (χ4n) is 1.20. The summed E-state index contributed by atoms with van der Waals surface area (Å²) in [6.45, 7) is 2.08. The molecule has 0 aliphatic carbocycles. The third-order valence-corrected chi connectivity index (χ3v) is 2.32. The molecule has 1 rings (SSSR count). The van der Waals surface area contributed by atoms with Crippen LogP contribution in [0.25, 0.3) is 0 Å². The van der Waals surface area contributed by atoms with Crippen LogP contribution in [0.2, 0.25) is 5.02 Å². The number of hydrogen-bond acceptors (Lipinski definition) is 4. The molecule has 0 atom stereocenters. The third-order valence-electron chi connectivity index (χ3n) is 2.01. The number of amides is 2. The van der Waals surface area contributed by atoms with Crippen LogP contribution < -0.4 is 11.1 Å². The average molecular weight is 272 g/mol. The van der Waals surface area contributed by atoms with Crippen LogP contribution in [0.1, 0.15) is 16.1 Å². The number of ether oxygens (including phenoxy) is 1. The van der Waals surface area contributed by atoms with Crippen molar-refractivity contribution in [2.45, 2.75) is 6.92 Å². The Morgan fingerprint density at radius 1 is 1.56 bits per heavy atom. The Bertz CT molecular complexity index is 451. The van der Waals surface area contributed by atoms with Crippen LogP contribution in [0.3, 0.4) is 0 Å². The van der Waals surface area contributed by atoms with E-state index in [1.54, 1.807) is 13.0 Å². The largest absolute Gasteiger partial charge is 0.370 e. The van der Waals surface area contributed by atoms with E-state index in [9.17, 15) is 9.59 Å². The molecule has 1 aromatic rings. The zero-order valence-corrected chi connectivity index (χ0v) is 10.7. The number of rotatable bonds is 6. The van der Waals surface area contributed by atoms with Gasteiger partial charge in [-0.2, -0.15) is 0 Å². The molecule has 0 fully saturated rings. The molecule has 98 valence electrons. The quantitative estimate of drug-likeness (QED) is 0.727. The second kappa shape index (κ2) is 6.93. The monoisotopic (exact) mass is 271 g/mol. The van der Waals surface area contributed by atoms with Gasteiger partial charge in [-0.3, -0.25) is 14.6 Å². The van der Waals surface area contributed by atoms with Gasteiger partial charge in [-0.15, -0.1) is 0 Å². The van der Waals surface area contributed by atoms with Gasteiger partial charge >= 0.3 is 0 Å². The Kier molecular flexibility index (Phi) is 5.54. The van der Waals surface area contributed by atoms with Crippen molar-refractivity contribution < 1.29 is 14.3 Å². The van der Waals surface area contributed by atoms with Crippen LogP contribution in [-0.2, 0) is 9.53 Å². The summed E-state index contributed by atoms with van der Waals surface area (Å²) in [6, 6.07) is 1.61. The molecule has 1 heterocycles. The Morgan fingerprint density at radius 3 is 2.89 bits per heavy atom. The number of halogens is 1. The van der Waals surface area contributed by atoms with Crippen LogP contribution in [0.4, 0.5) is 0 Å². The van der Waals surface area contributed by atoms with Crippen molar-refractivity contribution >= 4 is 23.4 Å². The zero-order chi connectivity index (χ0) is 13.5. The molecule has 0 radical (unpaired) electrons. The Balaban J connectivity index is 2.39. The molecule has 0 aromatic carbocycles. The summed E-state index contributed by atoms with van der Waals surface area (Å²) in [4.78, 5) is 26.1. The minimum atomic E-state index is -0.549. The first-order chi connectivity index (χ1) is 8.50. The molecule has 1 aromatic heterocycles. The smallest absolute Gasteiger partial charge is 0.254 e. The number of carbonyl (C=O) groups excluding carboxylic acids is 2. The van der Waals surface area contributed by atoms with E-state index in [0.29, 0.717) is 10.6 Å². The van der Waals surface area contributed by atoms with E-state index in [2.05, 4.69) is 10.3 Å². The standard InChI is InChI=1S/C11H14ClN3O3/c1-7-4-9(12)8(5-15-7)11(17)14-2-3-18-6-10(13)16/h4-5H,2-3,6H2,1H3,(H2,13,16)(H,14,17). The SMILES string of the molecule is Cc1cc(Cl)c(C(=O)NCCOCC(N)=O)cn1. The van der Waals surface area contributed by atoms with Gasteiger partial charge in [0.1, 0.15) is 6.61 Å². The molecule has 18 heavy (non-hydrogen) atoms. The van der Waals surface area contributed by atoms with Gasteiger partial charge in [0, 0.05) is 18.4 Å². The highest BCUT2D eigenvalue weighted by Gasteiger charge is 2.10. The van der Waals surface area contributed by atoms with Gasteiger partial charge < -0.3 is 15.8 Å². The lowest BCUT2D eigenvalue weighted by molar-refractivity contribution is -0.122. The lowest BCUT2D eigenvalue weighted by atomic mass is 10.2. The average Bonchev–Trinajstić information content (AvgIpc) is 2.27. The van der Waals surface area contributed by atoms with Crippen molar-refractivity contribution in [3.8, 4) is 0 Å². The van der Waals surface area contributed by atoms with E-state index >= 15 is 0 Å². The fourth-order valence-corrected chi connectivity index (χ4v) is 1.49. The molecule has 0 bridgehead atoms. The summed E-state index contributed by atoms with van der Waals surface area (Å²) in [7, 11) is 0. The molecule has 0 saturated heterocycles. The Morgan fingerprint density at radius 2 is 2.28 bits per heavy atom. The van der Waals surface area contributed by atoms with Crippen LogP contribution in [0.15, 0.2) is 12.3 Å². The van der Waals surface area contributed by atoms with E-state index in [0.717, 1.165) is 5.69 Å². The number of pyridine rings is 1. The summed E-state index contributed by atoms with van der Waals surface area (Å²) in [6.07, 6.45) is 1.41. The Labute approximate surface area is 109 Å². The van der Waals surface area contributed by atoms with Crippen LogP contribution in [0, 0.1) is 6.92 Å². The predicted molar refractivity (Wildman–Crippen MR) is 66.3 cm³/mol. The summed E-state index contributed by atoms with van der Waals surface area (Å²) < 4.78 is 4.89. The molecule has 0 aliphatic heterocycles. The number of nitrogens with zero attached hydrogens (tertiary/aromatic N) is 1. The van der Waals surface area contributed by atoms with E-state index in [1.165, 1.54) is 6.20 Å². The molecule has 0 saturated carbocycles. The maximum atomic E-state index is 11.7. The van der Waals surface area contributed by atoms with Gasteiger partial charge in [-0.05, 0) is 13.0 Å². The highest BCUT2D eigenvalue weighted by atomic mass is 35.5. The number of aromatic nitrogens is 1. The topological polar surface area (TPSA) is 94.3 Å². The first-order valence-corrected chi connectivity index (χ1v) is 5.65. The number of nitrogens with one attached hydrogen (secondary N) is 1. The maximum absolute atomic E-state index is 11.7. The van der Waals surface area contributed by atoms with Crippen LogP contribution in [0.5, 0.6) is 0 Å². The first kappa shape index (κ1) is 14.4. The highest BCUT2D eigenvalue weighted by molar-refractivity contribution is 6.33. The van der Waals surface area contributed by atoms with Gasteiger partial charge in [0.15, 0.2) is 0 Å². The molecular weight excluding hydrogens is 258 g/mol. The first-order valence-electron chi connectivity index (χ1n) is 5.27. The fraction of sp³-hybridized carbons (Fsp3) is 0.364. The van der Waals surface area contributed by atoms with Crippen LogP contribution in [-0.4, -0.2) is 36.6 Å². The zero-order valence-electron chi connectivity index (χ0n) is 9.90. The van der Waals surface area contributed by atoms with E-state index < -0.39 is 5.91 Å². The molecule has 6 nitrogen and oxygen atoms in total. The third kappa shape index (κ3) is 4.68. The van der Waals surface area contributed by atoms with Crippen molar-refractivity contribution in [3.05, 3.63) is 28.5 Å². The lowest BCUT2D eigenvalue weighted by Gasteiger charge is -2.07. The van der Waals surface area contributed by atoms with Gasteiger partial charge in [-0.25, -0.2) is 0 Å². The van der Waals surface area contributed by atoms with Crippen molar-refractivity contribution in [1.82, 2.24) is 10.3 Å². The normalized spacial score (nSPS) is 10.1. The predicted octanol–water partition coefficient (Wildman–Crippen LogP) is 0.275. The minimum Gasteiger partial charge on any atom is -0.370 e. The Hall–Kier alpha value is -1.66. The second-order valence-corrected chi connectivity index (χ2v) is 3.99. The number of nitrogens with two attached hydrogens (primary N) is 1. The molecular formula is C11H14ClN3O3. The molecule has 7 heteroatoms. The molecule has 2 amide bonds. The van der Waals surface area contributed by atoms with Crippen molar-refractivity contribution in [1.29, 1.82) is 0 Å². The van der Waals surface area contributed by atoms with Gasteiger partial charge in [0.05, 0.1) is 17.2 Å². The summed E-state index contributed by atoms with van der Waals surface area (Å²) >= 11 is 5.91. The molecule has 0 spiro atoms. The molecule has 0 unspecified atom stereocenters. The molecule has 0 aliphatic rings. The second-order valence-electron chi connectivity index (χ2n) is 3.58. The number of primary amides is 1. The summed E-state index contributed by atoms with van der Waals surface area (Å²) in [5, 5.41) is 2.94. The lowest BCUT2D eigenvalue weighted by Crippen LogP contribution is -2.29. The number of hydrogen-bond donors (Lipinski definition) is 2. The number of carbonyl (C=O) groups is 2. The minimum absolute atomic E-state index is 0.164. The maximum Gasteiger partial charge on any atom is 0.254 e. The van der Waals surface area contributed by atoms with Gasteiger partial charge in [-0.1, -0.05) is 11.6 Å². The van der Waals surface area contributed by atoms with E-state index in [1.807, 2.05) is 0 Å². The van der Waals surface area contributed by atoms with E-state index in [-0.39, 0.29) is 25.7 Å². The van der Waals surface area contributed by atoms with E-state index in [4.69, 9.17) is 22.1 Å². The van der Waals surface area contributed by atoms with Crippen molar-refractivity contribution in [3.63, 3.8) is 0 Å². The molecule has 3 N–H and O–H groups in total. The van der Waals surface area contributed by atoms with Gasteiger partial charge in [0.2, 0.25) is 5.91 Å². The van der Waals surface area contributed by atoms with Gasteiger partial charge in [0.25, 0.3) is 5.91 Å². The highest BCUT2D eigenvalue weighted by Crippen LogP contribution is 2.15. The summed E-state index contributed by atoms with van der Waals surface area (Å²) in [5.41, 5.74) is 5.92. The summed E-state index contributed by atoms with van der Waals surface area (Å²) in [5.74, 6) is -0.887. The van der Waals surface area contributed by atoms with Crippen molar-refractivity contribution in [2.24, 2.45) is 5.73 Å². The van der Waals surface area contributed by atoms with Crippen molar-refractivity contribution in [2.75, 3.05) is 19.8 Å². The van der Waals surface area contributed by atoms with Crippen LogP contribution >= 0.6 is 11.6 Å². The number of aryl methyl sites for hydroxylation is 1.